The van der Waals surface area contributed by atoms with Gasteiger partial charge < -0.3 is 4.74 Å². The predicted octanol–water partition coefficient (Wildman–Crippen LogP) is 4.20. The van der Waals surface area contributed by atoms with Crippen LogP contribution in [0.4, 0.5) is 0 Å². The first kappa shape index (κ1) is 18.6. The zero-order valence-corrected chi connectivity index (χ0v) is 14.5. The van der Waals surface area contributed by atoms with E-state index in [-0.39, 0.29) is 5.54 Å². The standard InChI is InChI=1S/C18H35NO2/c1-4-5-6-7-8-9-10-11-12-17(20)18(2,3)19-13-15-21-16-14-19/h4-16H2,1-3H3. The number of rotatable bonds is 11. The summed E-state index contributed by atoms with van der Waals surface area (Å²) in [5.74, 6) is 0.399. The lowest BCUT2D eigenvalue weighted by molar-refractivity contribution is -0.132. The molecule has 1 aliphatic rings. The Balaban J connectivity index is 2.11. The van der Waals surface area contributed by atoms with Crippen LogP contribution in [0.25, 0.3) is 0 Å². The molecule has 0 aliphatic carbocycles. The van der Waals surface area contributed by atoms with Crippen molar-refractivity contribution in [3.05, 3.63) is 0 Å². The van der Waals surface area contributed by atoms with Crippen LogP contribution in [0.3, 0.4) is 0 Å². The van der Waals surface area contributed by atoms with Gasteiger partial charge in [0.1, 0.15) is 0 Å². The summed E-state index contributed by atoms with van der Waals surface area (Å²) in [4.78, 5) is 14.7. The second-order valence-corrected chi connectivity index (χ2v) is 6.81. The van der Waals surface area contributed by atoms with Crippen molar-refractivity contribution in [1.29, 1.82) is 0 Å². The number of carbonyl (C=O) groups is 1. The molecule has 21 heavy (non-hydrogen) atoms. The molecule has 0 N–H and O–H groups in total. The third kappa shape index (κ3) is 6.92. The number of ether oxygens (including phenoxy) is 1. The first-order valence-corrected chi connectivity index (χ1v) is 8.95. The number of carbonyl (C=O) groups excluding carboxylic acids is 1. The number of nitrogens with zero attached hydrogens (tertiary/aromatic N) is 1. The first-order chi connectivity index (χ1) is 10.1. The van der Waals surface area contributed by atoms with Gasteiger partial charge in [-0.1, -0.05) is 51.9 Å². The third-order valence-electron chi connectivity index (χ3n) is 4.74. The van der Waals surface area contributed by atoms with Gasteiger partial charge in [-0.25, -0.2) is 0 Å². The Morgan fingerprint density at radius 1 is 0.952 bits per heavy atom. The predicted molar refractivity (Wildman–Crippen MR) is 88.7 cm³/mol. The largest absolute Gasteiger partial charge is 0.379 e. The van der Waals surface area contributed by atoms with Crippen LogP contribution in [0.1, 0.15) is 78.6 Å². The molecule has 0 bridgehead atoms. The van der Waals surface area contributed by atoms with Crippen molar-refractivity contribution in [2.75, 3.05) is 26.3 Å². The molecule has 0 aromatic rings. The van der Waals surface area contributed by atoms with Gasteiger partial charge >= 0.3 is 0 Å². The highest BCUT2D eigenvalue weighted by molar-refractivity contribution is 5.87. The molecule has 0 radical (unpaired) electrons. The van der Waals surface area contributed by atoms with E-state index in [1.807, 2.05) is 0 Å². The fraction of sp³-hybridized carbons (Fsp3) is 0.944. The van der Waals surface area contributed by atoms with Crippen molar-refractivity contribution < 1.29 is 9.53 Å². The Labute approximate surface area is 131 Å². The van der Waals surface area contributed by atoms with Crippen LogP contribution in [0.15, 0.2) is 0 Å². The van der Waals surface area contributed by atoms with Gasteiger partial charge in [0.25, 0.3) is 0 Å². The smallest absolute Gasteiger partial charge is 0.152 e. The molecule has 3 nitrogen and oxygen atoms in total. The van der Waals surface area contributed by atoms with Crippen molar-refractivity contribution >= 4 is 5.78 Å². The van der Waals surface area contributed by atoms with Gasteiger partial charge in [0.2, 0.25) is 0 Å². The Hall–Kier alpha value is -0.410. The van der Waals surface area contributed by atoms with Crippen molar-refractivity contribution in [3.8, 4) is 0 Å². The molecule has 0 unspecified atom stereocenters. The lowest BCUT2D eigenvalue weighted by Crippen LogP contribution is -2.54. The van der Waals surface area contributed by atoms with Crippen LogP contribution in [0.2, 0.25) is 0 Å². The zero-order valence-electron chi connectivity index (χ0n) is 14.5. The minimum atomic E-state index is -0.315. The maximum Gasteiger partial charge on any atom is 0.152 e. The minimum absolute atomic E-state index is 0.315. The Morgan fingerprint density at radius 3 is 2.05 bits per heavy atom. The van der Waals surface area contributed by atoms with Gasteiger partial charge in [0.15, 0.2) is 5.78 Å². The Morgan fingerprint density at radius 2 is 1.48 bits per heavy atom. The van der Waals surface area contributed by atoms with E-state index in [1.54, 1.807) is 0 Å². The molecule has 124 valence electrons. The van der Waals surface area contributed by atoms with E-state index < -0.39 is 0 Å². The highest BCUT2D eigenvalue weighted by atomic mass is 16.5. The maximum absolute atomic E-state index is 12.5. The second-order valence-electron chi connectivity index (χ2n) is 6.81. The van der Waals surface area contributed by atoms with Crippen LogP contribution in [-0.4, -0.2) is 42.5 Å². The molecule has 1 fully saturated rings. The SMILES string of the molecule is CCCCCCCCCCC(=O)C(C)(C)N1CCOCC1. The maximum atomic E-state index is 12.5. The number of unbranched alkanes of at least 4 members (excludes halogenated alkanes) is 7. The third-order valence-corrected chi connectivity index (χ3v) is 4.74. The molecule has 0 aromatic heterocycles. The number of morpholine rings is 1. The summed E-state index contributed by atoms with van der Waals surface area (Å²) in [5.41, 5.74) is -0.315. The van der Waals surface area contributed by atoms with E-state index in [1.165, 1.54) is 44.9 Å². The summed E-state index contributed by atoms with van der Waals surface area (Å²) in [6.45, 7) is 9.69. The molecule has 1 heterocycles. The lowest BCUT2D eigenvalue weighted by Gasteiger charge is -2.39. The fourth-order valence-corrected chi connectivity index (χ4v) is 3.02. The molecule has 3 heteroatoms. The number of ketones is 1. The van der Waals surface area contributed by atoms with Crippen molar-refractivity contribution in [3.63, 3.8) is 0 Å². The summed E-state index contributed by atoms with van der Waals surface area (Å²) in [7, 11) is 0. The van der Waals surface area contributed by atoms with E-state index in [2.05, 4.69) is 25.7 Å². The molecule has 0 saturated carbocycles. The van der Waals surface area contributed by atoms with Crippen molar-refractivity contribution in [2.45, 2.75) is 84.1 Å². The molecule has 0 amide bonds. The second kappa shape index (κ2) is 10.3. The van der Waals surface area contributed by atoms with Gasteiger partial charge in [0, 0.05) is 19.5 Å². The van der Waals surface area contributed by atoms with Crippen molar-refractivity contribution in [1.82, 2.24) is 4.90 Å². The average molecular weight is 297 g/mol. The van der Waals surface area contributed by atoms with Gasteiger partial charge in [-0.15, -0.1) is 0 Å². The van der Waals surface area contributed by atoms with Crippen LogP contribution in [0, 0.1) is 0 Å². The highest BCUT2D eigenvalue weighted by Crippen LogP contribution is 2.20. The van der Waals surface area contributed by atoms with Gasteiger partial charge in [-0.05, 0) is 20.3 Å². The zero-order chi connectivity index (χ0) is 15.6. The molecule has 0 spiro atoms. The number of Topliss-reactive ketones (excluding diaryl/α,β-unsaturated/α-hetero) is 1. The van der Waals surface area contributed by atoms with Crippen LogP contribution in [0.5, 0.6) is 0 Å². The lowest BCUT2D eigenvalue weighted by atomic mass is 9.92. The average Bonchev–Trinajstić information content (AvgIpc) is 2.50. The van der Waals surface area contributed by atoms with Crippen LogP contribution < -0.4 is 0 Å². The molecule has 1 saturated heterocycles. The molecule has 0 aromatic carbocycles. The molecule has 1 aliphatic heterocycles. The van der Waals surface area contributed by atoms with Gasteiger partial charge in [-0.2, -0.15) is 0 Å². The van der Waals surface area contributed by atoms with Gasteiger partial charge in [-0.3, -0.25) is 9.69 Å². The van der Waals surface area contributed by atoms with Crippen molar-refractivity contribution in [2.24, 2.45) is 0 Å². The monoisotopic (exact) mass is 297 g/mol. The summed E-state index contributed by atoms with van der Waals surface area (Å²) in [6, 6.07) is 0. The highest BCUT2D eigenvalue weighted by Gasteiger charge is 2.34. The summed E-state index contributed by atoms with van der Waals surface area (Å²) >= 11 is 0. The number of hydrogen-bond donors (Lipinski definition) is 0. The van der Waals surface area contributed by atoms with E-state index in [0.717, 1.165) is 39.1 Å². The van der Waals surface area contributed by atoms with Crippen LogP contribution >= 0.6 is 0 Å². The minimum Gasteiger partial charge on any atom is -0.379 e. The topological polar surface area (TPSA) is 29.5 Å². The number of hydrogen-bond acceptors (Lipinski definition) is 3. The quantitative estimate of drug-likeness (QED) is 0.535. The van der Waals surface area contributed by atoms with Gasteiger partial charge in [0.05, 0.1) is 18.8 Å². The van der Waals surface area contributed by atoms with E-state index >= 15 is 0 Å². The Kier molecular flexibility index (Phi) is 9.18. The van der Waals surface area contributed by atoms with Crippen LogP contribution in [-0.2, 0) is 9.53 Å². The molecular formula is C18H35NO2. The fourth-order valence-electron chi connectivity index (χ4n) is 3.02. The Bertz CT molecular complexity index is 283. The molecule has 0 atom stereocenters. The van der Waals surface area contributed by atoms with E-state index in [0.29, 0.717) is 5.78 Å². The summed E-state index contributed by atoms with van der Waals surface area (Å²) in [6.07, 6.45) is 11.0. The molecule has 1 rings (SSSR count). The molecular weight excluding hydrogens is 262 g/mol. The summed E-state index contributed by atoms with van der Waals surface area (Å²) < 4.78 is 5.37. The van der Waals surface area contributed by atoms with E-state index in [9.17, 15) is 4.79 Å². The summed E-state index contributed by atoms with van der Waals surface area (Å²) in [5, 5.41) is 0. The van der Waals surface area contributed by atoms with E-state index in [4.69, 9.17) is 4.74 Å². The first-order valence-electron chi connectivity index (χ1n) is 8.95. The normalized spacial score (nSPS) is 17.1.